The third kappa shape index (κ3) is 3.07. The van der Waals surface area contributed by atoms with E-state index >= 15 is 0 Å². The summed E-state index contributed by atoms with van der Waals surface area (Å²) in [4.78, 5) is 0. The molecule has 0 amide bonds. The molecule has 0 aromatic heterocycles. The lowest BCUT2D eigenvalue weighted by Gasteiger charge is -2.08. The van der Waals surface area contributed by atoms with Crippen LogP contribution in [0.25, 0.3) is 0 Å². The zero-order valence-electron chi connectivity index (χ0n) is 7.40. The van der Waals surface area contributed by atoms with Crippen molar-refractivity contribution in [3.05, 3.63) is 29.3 Å². The second-order valence-corrected chi connectivity index (χ2v) is 2.93. The lowest BCUT2D eigenvalue weighted by molar-refractivity contribution is -0.138. The third-order valence-corrected chi connectivity index (χ3v) is 1.74. The van der Waals surface area contributed by atoms with Crippen LogP contribution in [0.2, 0.25) is 0 Å². The van der Waals surface area contributed by atoms with Gasteiger partial charge in [0.1, 0.15) is 5.75 Å². The van der Waals surface area contributed by atoms with Crippen LogP contribution in [-0.2, 0) is 6.18 Å². The average Bonchev–Trinajstić information content (AvgIpc) is 2.15. The molecule has 5 heteroatoms. The van der Waals surface area contributed by atoms with Crippen LogP contribution >= 0.6 is 11.6 Å². The number of hydrogen-bond acceptors (Lipinski definition) is 1. The Labute approximate surface area is 89.5 Å². The summed E-state index contributed by atoms with van der Waals surface area (Å²) in [6, 6.07) is 3.04. The van der Waals surface area contributed by atoms with Gasteiger partial charge in [0.25, 0.3) is 0 Å². The highest BCUT2D eigenvalue weighted by atomic mass is 35.5. The second kappa shape index (κ2) is 4.45. The second-order valence-electron chi connectivity index (χ2n) is 2.67. The van der Waals surface area contributed by atoms with E-state index in [9.17, 15) is 13.2 Å². The van der Waals surface area contributed by atoms with Crippen LogP contribution in [0, 0.1) is 11.8 Å². The maximum atomic E-state index is 12.3. The molecule has 1 aromatic carbocycles. The summed E-state index contributed by atoms with van der Waals surface area (Å²) < 4.78 is 36.9. The number of rotatable bonds is 0. The fourth-order valence-electron chi connectivity index (χ4n) is 0.976. The van der Waals surface area contributed by atoms with Gasteiger partial charge in [0, 0.05) is 5.56 Å². The molecule has 0 atom stereocenters. The normalized spacial score (nSPS) is 10.7. The quantitative estimate of drug-likeness (QED) is 0.540. The maximum Gasteiger partial charge on any atom is 0.419 e. The zero-order chi connectivity index (χ0) is 11.5. The van der Waals surface area contributed by atoms with Crippen molar-refractivity contribution >= 4 is 11.6 Å². The molecule has 1 nitrogen and oxygen atoms in total. The molecule has 0 heterocycles. The van der Waals surface area contributed by atoms with Crippen LogP contribution < -0.4 is 0 Å². The minimum atomic E-state index is -4.58. The molecular weight excluding hydrogens is 229 g/mol. The summed E-state index contributed by atoms with van der Waals surface area (Å²) in [6.07, 6.45) is -4.58. The molecule has 0 radical (unpaired) electrons. The fourth-order valence-corrected chi connectivity index (χ4v) is 1.04. The molecule has 0 aliphatic rings. The van der Waals surface area contributed by atoms with E-state index in [1.54, 1.807) is 0 Å². The van der Waals surface area contributed by atoms with Crippen LogP contribution in [0.5, 0.6) is 5.75 Å². The third-order valence-electron chi connectivity index (χ3n) is 1.60. The molecule has 0 bridgehead atoms. The molecule has 0 saturated heterocycles. The van der Waals surface area contributed by atoms with Crippen LogP contribution in [0.1, 0.15) is 11.1 Å². The number of benzene rings is 1. The van der Waals surface area contributed by atoms with Crippen molar-refractivity contribution in [1.82, 2.24) is 0 Å². The highest BCUT2D eigenvalue weighted by molar-refractivity contribution is 6.19. The van der Waals surface area contributed by atoms with Crippen molar-refractivity contribution < 1.29 is 18.3 Å². The number of phenols is 1. The first-order valence-corrected chi connectivity index (χ1v) is 4.43. The molecule has 1 aromatic rings. The van der Waals surface area contributed by atoms with E-state index in [0.717, 1.165) is 12.1 Å². The number of halogens is 4. The monoisotopic (exact) mass is 234 g/mol. The Bertz CT molecular complexity index is 415. The van der Waals surface area contributed by atoms with Gasteiger partial charge in [0.2, 0.25) is 0 Å². The summed E-state index contributed by atoms with van der Waals surface area (Å²) in [6.45, 7) is 0. The Hall–Kier alpha value is -1.34. The molecule has 15 heavy (non-hydrogen) atoms. The molecule has 0 unspecified atom stereocenters. The van der Waals surface area contributed by atoms with Crippen LogP contribution in [0.4, 0.5) is 13.2 Å². The van der Waals surface area contributed by atoms with E-state index in [1.165, 1.54) is 6.07 Å². The zero-order valence-corrected chi connectivity index (χ0v) is 8.15. The Morgan fingerprint density at radius 1 is 1.33 bits per heavy atom. The predicted octanol–water partition coefficient (Wildman–Crippen LogP) is 3.00. The smallest absolute Gasteiger partial charge is 0.419 e. The number of hydrogen-bond donors (Lipinski definition) is 1. The minimum absolute atomic E-state index is 0.0439. The van der Waals surface area contributed by atoms with Gasteiger partial charge in [0.05, 0.1) is 11.4 Å². The van der Waals surface area contributed by atoms with Gasteiger partial charge < -0.3 is 5.11 Å². The summed E-state index contributed by atoms with van der Waals surface area (Å²) in [5.41, 5.74) is -0.926. The molecule has 0 fully saturated rings. The van der Waals surface area contributed by atoms with Gasteiger partial charge in [-0.1, -0.05) is 11.8 Å². The van der Waals surface area contributed by atoms with Crippen molar-refractivity contribution in [3.63, 3.8) is 0 Å². The Morgan fingerprint density at radius 2 is 2.00 bits per heavy atom. The standard InChI is InChI=1S/C10H6ClF3O/c11-5-1-2-7-3-4-9(15)8(6-7)10(12,13)14/h3-4,6,15H,5H2. The Kier molecular flexibility index (Phi) is 3.48. The topological polar surface area (TPSA) is 20.2 Å². The first-order chi connectivity index (χ1) is 6.95. The van der Waals surface area contributed by atoms with Gasteiger partial charge in [-0.15, -0.1) is 11.6 Å². The predicted molar refractivity (Wildman–Crippen MR) is 50.7 cm³/mol. The van der Waals surface area contributed by atoms with E-state index in [0.29, 0.717) is 0 Å². The van der Waals surface area contributed by atoms with Crippen molar-refractivity contribution in [1.29, 1.82) is 0 Å². The first kappa shape index (κ1) is 11.7. The van der Waals surface area contributed by atoms with Crippen molar-refractivity contribution in [3.8, 4) is 17.6 Å². The van der Waals surface area contributed by atoms with Gasteiger partial charge in [-0.2, -0.15) is 13.2 Å². The van der Waals surface area contributed by atoms with Crippen LogP contribution in [-0.4, -0.2) is 11.0 Å². The molecule has 0 spiro atoms. The number of phenolic OH excluding ortho intramolecular Hbond substituents is 1. The molecule has 1 N–H and O–H groups in total. The minimum Gasteiger partial charge on any atom is -0.507 e. The molecule has 0 aliphatic heterocycles. The summed E-state index contributed by atoms with van der Waals surface area (Å²) in [7, 11) is 0. The number of alkyl halides is 4. The van der Waals surface area contributed by atoms with Crippen molar-refractivity contribution in [2.45, 2.75) is 6.18 Å². The van der Waals surface area contributed by atoms with Crippen LogP contribution in [0.3, 0.4) is 0 Å². The highest BCUT2D eigenvalue weighted by Crippen LogP contribution is 2.35. The summed E-state index contributed by atoms with van der Waals surface area (Å²) in [5, 5.41) is 9.00. The van der Waals surface area contributed by atoms with Crippen molar-refractivity contribution in [2.24, 2.45) is 0 Å². The van der Waals surface area contributed by atoms with Gasteiger partial charge in [-0.25, -0.2) is 0 Å². The molecule has 0 saturated carbocycles. The Morgan fingerprint density at radius 3 is 2.53 bits per heavy atom. The van der Waals surface area contributed by atoms with E-state index < -0.39 is 17.5 Å². The molecule has 80 valence electrons. The highest BCUT2D eigenvalue weighted by Gasteiger charge is 2.33. The first-order valence-electron chi connectivity index (χ1n) is 3.90. The fraction of sp³-hybridized carbons (Fsp3) is 0.200. The summed E-state index contributed by atoms with van der Waals surface area (Å²) >= 11 is 5.27. The van der Waals surface area contributed by atoms with Gasteiger partial charge in [0.15, 0.2) is 0 Å². The Balaban J connectivity index is 3.17. The van der Waals surface area contributed by atoms with Crippen LogP contribution in [0.15, 0.2) is 18.2 Å². The lowest BCUT2D eigenvalue weighted by atomic mass is 10.1. The van der Waals surface area contributed by atoms with Gasteiger partial charge in [-0.05, 0) is 18.2 Å². The number of aromatic hydroxyl groups is 1. The van der Waals surface area contributed by atoms with Gasteiger partial charge >= 0.3 is 6.18 Å². The average molecular weight is 235 g/mol. The van der Waals surface area contributed by atoms with E-state index in [-0.39, 0.29) is 11.4 Å². The maximum absolute atomic E-state index is 12.3. The van der Waals surface area contributed by atoms with Crippen molar-refractivity contribution in [2.75, 3.05) is 5.88 Å². The summed E-state index contributed by atoms with van der Waals surface area (Å²) in [5.74, 6) is 4.11. The van der Waals surface area contributed by atoms with E-state index in [2.05, 4.69) is 11.8 Å². The largest absolute Gasteiger partial charge is 0.507 e. The SMILES string of the molecule is Oc1ccc(C#CCCl)cc1C(F)(F)F. The lowest BCUT2D eigenvalue weighted by Crippen LogP contribution is -2.05. The van der Waals surface area contributed by atoms with E-state index in [1.807, 2.05) is 0 Å². The molecule has 0 aliphatic carbocycles. The van der Waals surface area contributed by atoms with E-state index in [4.69, 9.17) is 16.7 Å². The van der Waals surface area contributed by atoms with Gasteiger partial charge in [-0.3, -0.25) is 0 Å². The molecular formula is C10H6ClF3O. The molecule has 1 rings (SSSR count).